The van der Waals surface area contributed by atoms with Crippen LogP contribution in [0.5, 0.6) is 0 Å². The molecule has 1 N–H and O–H groups in total. The fourth-order valence-corrected chi connectivity index (χ4v) is 0.495. The molecule has 0 aliphatic carbocycles. The van der Waals surface area contributed by atoms with Gasteiger partial charge in [-0.15, -0.1) is 0 Å². The van der Waals surface area contributed by atoms with Crippen LogP contribution in [-0.4, -0.2) is 28.6 Å². The van der Waals surface area contributed by atoms with E-state index in [1.807, 2.05) is 0 Å². The third-order valence-corrected chi connectivity index (χ3v) is 1.29. The fraction of sp³-hybridized carbons (Fsp3) is 0.625. The minimum atomic E-state index is -0.673. The number of hydrogen-bond donors (Lipinski definition) is 1. The predicted molar refractivity (Wildman–Crippen MR) is 48.8 cm³/mol. The minimum absolute atomic E-state index is 0.0222. The molecule has 0 saturated heterocycles. The summed E-state index contributed by atoms with van der Waals surface area (Å²) in [4.78, 5) is 11.0. The summed E-state index contributed by atoms with van der Waals surface area (Å²) >= 11 is 3.14. The number of aliphatic hydroxyl groups is 1. The first-order valence-corrected chi connectivity index (χ1v) is 4.20. The summed E-state index contributed by atoms with van der Waals surface area (Å²) in [7, 11) is 0. The van der Waals surface area contributed by atoms with E-state index in [0.717, 1.165) is 0 Å². The Labute approximate surface area is 80.2 Å². The van der Waals surface area contributed by atoms with E-state index in [1.165, 1.54) is 0 Å². The molecule has 0 aromatic heterocycles. The van der Waals surface area contributed by atoms with Gasteiger partial charge in [0.25, 0.3) is 0 Å². The zero-order valence-corrected chi connectivity index (χ0v) is 8.64. The molecule has 0 unspecified atom stereocenters. The van der Waals surface area contributed by atoms with Crippen LogP contribution in [0.2, 0.25) is 0 Å². The summed E-state index contributed by atoms with van der Waals surface area (Å²) in [5.41, 5.74) is 0. The van der Waals surface area contributed by atoms with Crippen molar-refractivity contribution in [3.8, 4) is 11.8 Å². The highest BCUT2D eigenvalue weighted by molar-refractivity contribution is 9.10. The topological polar surface area (TPSA) is 46.5 Å². The highest BCUT2D eigenvalue weighted by Gasteiger charge is 2.24. The van der Waals surface area contributed by atoms with E-state index in [-0.39, 0.29) is 19.2 Å². The molecule has 3 nitrogen and oxygen atoms in total. The van der Waals surface area contributed by atoms with Crippen molar-refractivity contribution in [2.75, 3.05) is 13.2 Å². The highest BCUT2D eigenvalue weighted by atomic mass is 79.9. The number of rotatable bonds is 2. The Morgan fingerprint density at radius 3 is 2.58 bits per heavy atom. The average Bonchev–Trinajstić information content (AvgIpc) is 1.96. The smallest absolute Gasteiger partial charge is 0.323 e. The van der Waals surface area contributed by atoms with Crippen molar-refractivity contribution in [2.24, 2.45) is 0 Å². The van der Waals surface area contributed by atoms with Crippen molar-refractivity contribution in [3.05, 3.63) is 0 Å². The maximum absolute atomic E-state index is 11.0. The Balaban J connectivity index is 3.73. The minimum Gasteiger partial charge on any atom is -0.451 e. The molecule has 0 spiro atoms. The van der Waals surface area contributed by atoms with Crippen molar-refractivity contribution in [1.29, 1.82) is 0 Å². The predicted octanol–water partition coefficient (Wildman–Crippen LogP) is 0.699. The highest BCUT2D eigenvalue weighted by Crippen LogP contribution is 2.16. The normalized spacial score (nSPS) is 10.0. The Kier molecular flexibility index (Phi) is 4.95. The molecular weight excluding hydrogens is 224 g/mol. The summed E-state index contributed by atoms with van der Waals surface area (Å²) in [5.74, 6) is 4.48. The van der Waals surface area contributed by atoms with Gasteiger partial charge in [-0.2, -0.15) is 0 Å². The lowest BCUT2D eigenvalue weighted by Crippen LogP contribution is -2.26. The largest absolute Gasteiger partial charge is 0.451 e. The maximum atomic E-state index is 11.0. The third kappa shape index (κ3) is 5.16. The second-order valence-corrected chi connectivity index (χ2v) is 4.54. The molecule has 0 atom stereocenters. The molecule has 12 heavy (non-hydrogen) atoms. The molecule has 0 bridgehead atoms. The Bertz CT molecular complexity index is 207. The summed E-state index contributed by atoms with van der Waals surface area (Å²) < 4.78 is 4.07. The second kappa shape index (κ2) is 5.18. The quantitative estimate of drug-likeness (QED) is 0.435. The number of halogens is 1. The summed E-state index contributed by atoms with van der Waals surface area (Å²) in [6, 6.07) is 0. The van der Waals surface area contributed by atoms with Crippen molar-refractivity contribution >= 4 is 21.9 Å². The van der Waals surface area contributed by atoms with Crippen molar-refractivity contribution in [1.82, 2.24) is 0 Å². The van der Waals surface area contributed by atoms with Crippen LogP contribution in [0.3, 0.4) is 0 Å². The molecule has 0 aromatic rings. The lowest BCUT2D eigenvalue weighted by atomic mass is 10.2. The molecule has 0 aliphatic rings. The van der Waals surface area contributed by atoms with E-state index in [2.05, 4.69) is 27.8 Å². The molecule has 0 fully saturated rings. The van der Waals surface area contributed by atoms with E-state index >= 15 is 0 Å². The lowest BCUT2D eigenvalue weighted by Gasteiger charge is -2.12. The van der Waals surface area contributed by atoms with Gasteiger partial charge < -0.3 is 9.84 Å². The molecule has 4 heteroatoms. The van der Waals surface area contributed by atoms with Gasteiger partial charge in [-0.25, -0.2) is 0 Å². The Morgan fingerprint density at radius 2 is 2.17 bits per heavy atom. The van der Waals surface area contributed by atoms with Crippen LogP contribution < -0.4 is 0 Å². The van der Waals surface area contributed by atoms with Crippen molar-refractivity contribution < 1.29 is 14.6 Å². The van der Waals surface area contributed by atoms with E-state index < -0.39 is 4.32 Å². The molecule has 0 rings (SSSR count). The number of alkyl halides is 1. The van der Waals surface area contributed by atoms with Crippen LogP contribution in [0.25, 0.3) is 0 Å². The van der Waals surface area contributed by atoms with E-state index in [4.69, 9.17) is 9.84 Å². The van der Waals surface area contributed by atoms with Crippen LogP contribution >= 0.6 is 15.9 Å². The van der Waals surface area contributed by atoms with Gasteiger partial charge in [-0.1, -0.05) is 27.8 Å². The van der Waals surface area contributed by atoms with Crippen LogP contribution in [0, 0.1) is 11.8 Å². The monoisotopic (exact) mass is 234 g/mol. The van der Waals surface area contributed by atoms with Gasteiger partial charge in [0, 0.05) is 0 Å². The van der Waals surface area contributed by atoms with E-state index in [9.17, 15) is 4.79 Å². The molecule has 0 saturated carbocycles. The second-order valence-electron chi connectivity index (χ2n) is 2.56. The van der Waals surface area contributed by atoms with Crippen LogP contribution in [0.1, 0.15) is 13.8 Å². The maximum Gasteiger partial charge on any atom is 0.323 e. The molecule has 0 aliphatic heterocycles. The molecule has 0 amide bonds. The SMILES string of the molecule is CC(C)(Br)C(=O)OCC#CCO. The van der Waals surface area contributed by atoms with Crippen LogP contribution in [0.4, 0.5) is 0 Å². The first-order chi connectivity index (χ1) is 5.48. The van der Waals surface area contributed by atoms with Gasteiger partial charge in [0.15, 0.2) is 6.61 Å². The molecule has 0 heterocycles. The van der Waals surface area contributed by atoms with Gasteiger partial charge in [-0.05, 0) is 13.8 Å². The number of ether oxygens (including phenoxy) is 1. The molecule has 0 aromatic carbocycles. The standard InChI is InChI=1S/C8H11BrO3/c1-8(2,9)7(11)12-6-4-3-5-10/h10H,5-6H2,1-2H3. The number of hydrogen-bond acceptors (Lipinski definition) is 3. The van der Waals surface area contributed by atoms with Gasteiger partial charge in [0.1, 0.15) is 10.9 Å². The summed E-state index contributed by atoms with van der Waals surface area (Å²) in [5, 5.41) is 8.27. The third-order valence-electron chi connectivity index (χ3n) is 0.965. The molecular formula is C8H11BrO3. The van der Waals surface area contributed by atoms with Gasteiger partial charge in [0.05, 0.1) is 0 Å². The Morgan fingerprint density at radius 1 is 1.58 bits per heavy atom. The van der Waals surface area contributed by atoms with Crippen molar-refractivity contribution in [2.45, 2.75) is 18.2 Å². The van der Waals surface area contributed by atoms with Gasteiger partial charge in [0.2, 0.25) is 0 Å². The van der Waals surface area contributed by atoms with E-state index in [1.54, 1.807) is 13.8 Å². The zero-order valence-electron chi connectivity index (χ0n) is 7.06. The first-order valence-electron chi connectivity index (χ1n) is 3.41. The zero-order chi connectivity index (χ0) is 9.61. The molecule has 68 valence electrons. The number of carbonyl (C=O) groups is 1. The summed E-state index contributed by atoms with van der Waals surface area (Å²) in [6.45, 7) is 3.19. The number of carbonyl (C=O) groups excluding carboxylic acids is 1. The van der Waals surface area contributed by atoms with Gasteiger partial charge in [-0.3, -0.25) is 4.79 Å². The number of esters is 1. The fourth-order valence-electron chi connectivity index (χ4n) is 0.380. The molecule has 0 radical (unpaired) electrons. The van der Waals surface area contributed by atoms with E-state index in [0.29, 0.717) is 0 Å². The summed E-state index contributed by atoms with van der Waals surface area (Å²) in [6.07, 6.45) is 0. The van der Waals surface area contributed by atoms with Crippen LogP contribution in [-0.2, 0) is 9.53 Å². The Hall–Kier alpha value is -0.530. The average molecular weight is 235 g/mol. The van der Waals surface area contributed by atoms with Gasteiger partial charge >= 0.3 is 5.97 Å². The number of aliphatic hydroxyl groups excluding tert-OH is 1. The van der Waals surface area contributed by atoms with Crippen LogP contribution in [0.15, 0.2) is 0 Å². The van der Waals surface area contributed by atoms with Crippen molar-refractivity contribution in [3.63, 3.8) is 0 Å². The first kappa shape index (κ1) is 11.5. The lowest BCUT2D eigenvalue weighted by molar-refractivity contribution is -0.143.